The molecule has 122 valence electrons. The van der Waals surface area contributed by atoms with Gasteiger partial charge in [-0.2, -0.15) is 0 Å². The van der Waals surface area contributed by atoms with Crippen LogP contribution < -0.4 is 4.72 Å². The fraction of sp³-hybridized carbons (Fsp3) is 0.500. The second-order valence-electron chi connectivity index (χ2n) is 5.80. The first kappa shape index (κ1) is 17.1. The third-order valence-electron chi connectivity index (χ3n) is 3.98. The predicted octanol–water partition coefficient (Wildman–Crippen LogP) is 1.21. The minimum absolute atomic E-state index is 0.202. The highest BCUT2D eigenvalue weighted by molar-refractivity contribution is 7.92. The Balaban J connectivity index is 1.83. The van der Waals surface area contributed by atoms with Gasteiger partial charge in [0.1, 0.15) is 0 Å². The van der Waals surface area contributed by atoms with Crippen LogP contribution in [-0.2, 0) is 10.0 Å². The second-order valence-corrected chi connectivity index (χ2v) is 7.45. The first-order valence-electron chi connectivity index (χ1n) is 7.62. The summed E-state index contributed by atoms with van der Waals surface area (Å²) in [4.78, 5) is 4.61. The minimum Gasteiger partial charge on any atom is -0.304 e. The van der Waals surface area contributed by atoms with E-state index in [1.165, 1.54) is 5.41 Å². The number of piperazine rings is 1. The number of hydrogen-bond acceptors (Lipinski definition) is 4. The monoisotopic (exact) mass is 323 g/mol. The van der Waals surface area contributed by atoms with Crippen molar-refractivity contribution in [1.29, 1.82) is 0 Å². The van der Waals surface area contributed by atoms with Gasteiger partial charge >= 0.3 is 0 Å². The maximum absolute atomic E-state index is 12.0. The first-order valence-corrected chi connectivity index (χ1v) is 9.16. The third-order valence-corrected chi connectivity index (χ3v) is 5.04. The van der Waals surface area contributed by atoms with Crippen LogP contribution in [0.15, 0.2) is 35.7 Å². The zero-order valence-corrected chi connectivity index (χ0v) is 14.1. The molecule has 0 aliphatic carbocycles. The van der Waals surface area contributed by atoms with E-state index in [1.54, 1.807) is 6.08 Å². The quantitative estimate of drug-likeness (QED) is 0.855. The summed E-state index contributed by atoms with van der Waals surface area (Å²) in [7, 11) is -1.28. The number of nitrogens with one attached hydrogen (secondary N) is 1. The standard InChI is InChI=1S/C16H25N3O2S/c1-15(19-11-9-18(2)10-12-19)14-17-22(20,21)13-8-16-6-4-3-5-7-16/h3-8,13,15,17H,9-12,14H2,1-2H3/b13-8+/t15-/m1/s1. The second kappa shape index (κ2) is 7.87. The molecule has 5 nitrogen and oxygen atoms in total. The van der Waals surface area contributed by atoms with Crippen molar-refractivity contribution in [3.05, 3.63) is 41.3 Å². The average molecular weight is 323 g/mol. The summed E-state index contributed by atoms with van der Waals surface area (Å²) in [5.74, 6) is 0. The summed E-state index contributed by atoms with van der Waals surface area (Å²) in [5.41, 5.74) is 0.875. The van der Waals surface area contributed by atoms with Crippen LogP contribution in [0.2, 0.25) is 0 Å². The van der Waals surface area contributed by atoms with Crippen LogP contribution in [0, 0.1) is 0 Å². The summed E-state index contributed by atoms with van der Waals surface area (Å²) >= 11 is 0. The SMILES string of the molecule is C[C@H](CNS(=O)(=O)/C=C/c1ccccc1)N1CCN(C)CC1. The van der Waals surface area contributed by atoms with E-state index in [0.717, 1.165) is 31.7 Å². The number of nitrogens with zero attached hydrogens (tertiary/aromatic N) is 2. The fourth-order valence-corrected chi connectivity index (χ4v) is 3.31. The molecule has 0 aromatic heterocycles. The molecular formula is C16H25N3O2S. The number of benzene rings is 1. The van der Waals surface area contributed by atoms with Crippen LogP contribution in [0.4, 0.5) is 0 Å². The number of sulfonamides is 1. The van der Waals surface area contributed by atoms with Gasteiger partial charge in [0.25, 0.3) is 0 Å². The van der Waals surface area contributed by atoms with Crippen molar-refractivity contribution in [2.45, 2.75) is 13.0 Å². The molecule has 1 aliphatic heterocycles. The molecule has 1 fully saturated rings. The van der Waals surface area contributed by atoms with Gasteiger partial charge in [0.05, 0.1) is 0 Å². The lowest BCUT2D eigenvalue weighted by molar-refractivity contribution is 0.120. The molecule has 0 unspecified atom stereocenters. The Bertz CT molecular complexity index is 579. The van der Waals surface area contributed by atoms with Crippen LogP contribution in [0.25, 0.3) is 6.08 Å². The van der Waals surface area contributed by atoms with Crippen molar-refractivity contribution in [3.63, 3.8) is 0 Å². The molecule has 6 heteroatoms. The lowest BCUT2D eigenvalue weighted by Crippen LogP contribution is -2.51. The van der Waals surface area contributed by atoms with Gasteiger partial charge in [-0.1, -0.05) is 30.3 Å². The molecule has 2 rings (SSSR count). The molecule has 1 heterocycles. The number of likely N-dealkylation sites (N-methyl/N-ethyl adjacent to an activating group) is 1. The number of rotatable bonds is 6. The van der Waals surface area contributed by atoms with Crippen molar-refractivity contribution < 1.29 is 8.42 Å². The van der Waals surface area contributed by atoms with Gasteiger partial charge in [0.15, 0.2) is 0 Å². The Hall–Kier alpha value is -1.21. The van der Waals surface area contributed by atoms with Crippen LogP contribution in [0.1, 0.15) is 12.5 Å². The fourth-order valence-electron chi connectivity index (χ4n) is 2.41. The molecule has 22 heavy (non-hydrogen) atoms. The smallest absolute Gasteiger partial charge is 0.233 e. The normalized spacial score (nSPS) is 19.5. The topological polar surface area (TPSA) is 52.7 Å². The zero-order chi connectivity index (χ0) is 16.0. The molecule has 0 radical (unpaired) electrons. The largest absolute Gasteiger partial charge is 0.304 e. The molecule has 0 saturated carbocycles. The van der Waals surface area contributed by atoms with E-state index >= 15 is 0 Å². The first-order chi connectivity index (χ1) is 10.5. The van der Waals surface area contributed by atoms with E-state index in [-0.39, 0.29) is 6.04 Å². The van der Waals surface area contributed by atoms with Crippen LogP contribution in [0.3, 0.4) is 0 Å². The molecule has 1 saturated heterocycles. The van der Waals surface area contributed by atoms with E-state index in [2.05, 4.69) is 28.5 Å². The average Bonchev–Trinajstić information content (AvgIpc) is 2.53. The highest BCUT2D eigenvalue weighted by Crippen LogP contribution is 2.06. The van der Waals surface area contributed by atoms with Crippen molar-refractivity contribution in [3.8, 4) is 0 Å². The van der Waals surface area contributed by atoms with Gasteiger partial charge < -0.3 is 4.90 Å². The summed E-state index contributed by atoms with van der Waals surface area (Å²) in [6, 6.07) is 9.62. The Morgan fingerprint density at radius 3 is 2.45 bits per heavy atom. The Morgan fingerprint density at radius 2 is 1.82 bits per heavy atom. The lowest BCUT2D eigenvalue weighted by atomic mass is 10.2. The Morgan fingerprint density at radius 1 is 1.18 bits per heavy atom. The molecule has 0 bridgehead atoms. The summed E-state index contributed by atoms with van der Waals surface area (Å²) in [6.07, 6.45) is 1.61. The van der Waals surface area contributed by atoms with Crippen molar-refractivity contribution >= 4 is 16.1 Å². The molecule has 1 aromatic carbocycles. The molecule has 1 aromatic rings. The highest BCUT2D eigenvalue weighted by Gasteiger charge is 2.20. The molecule has 0 amide bonds. The van der Waals surface area contributed by atoms with Crippen molar-refractivity contribution in [2.75, 3.05) is 39.8 Å². The van der Waals surface area contributed by atoms with Gasteiger partial charge in [-0.25, -0.2) is 13.1 Å². The third kappa shape index (κ3) is 5.53. The van der Waals surface area contributed by atoms with Crippen molar-refractivity contribution in [2.24, 2.45) is 0 Å². The van der Waals surface area contributed by atoms with Gasteiger partial charge in [-0.05, 0) is 25.6 Å². The van der Waals surface area contributed by atoms with Gasteiger partial charge in [0, 0.05) is 44.2 Å². The van der Waals surface area contributed by atoms with Crippen LogP contribution >= 0.6 is 0 Å². The van der Waals surface area contributed by atoms with Gasteiger partial charge in [0.2, 0.25) is 10.0 Å². The molecule has 1 atom stereocenters. The van der Waals surface area contributed by atoms with E-state index < -0.39 is 10.0 Å². The maximum atomic E-state index is 12.0. The predicted molar refractivity (Wildman–Crippen MR) is 90.9 cm³/mol. The number of hydrogen-bond donors (Lipinski definition) is 1. The zero-order valence-electron chi connectivity index (χ0n) is 13.3. The molecule has 1 aliphatic rings. The van der Waals surface area contributed by atoms with E-state index in [1.807, 2.05) is 30.3 Å². The van der Waals surface area contributed by atoms with Crippen LogP contribution in [0.5, 0.6) is 0 Å². The minimum atomic E-state index is -3.39. The van der Waals surface area contributed by atoms with E-state index in [4.69, 9.17) is 0 Å². The highest BCUT2D eigenvalue weighted by atomic mass is 32.2. The summed E-state index contributed by atoms with van der Waals surface area (Å²) < 4.78 is 26.7. The summed E-state index contributed by atoms with van der Waals surface area (Å²) in [5, 5.41) is 1.24. The molecule has 1 N–H and O–H groups in total. The van der Waals surface area contributed by atoms with Gasteiger partial charge in [-0.3, -0.25) is 4.90 Å². The van der Waals surface area contributed by atoms with E-state index in [9.17, 15) is 8.42 Å². The Kier molecular flexibility index (Phi) is 6.14. The van der Waals surface area contributed by atoms with Gasteiger partial charge in [-0.15, -0.1) is 0 Å². The van der Waals surface area contributed by atoms with E-state index in [0.29, 0.717) is 6.54 Å². The Labute approximate surface area is 133 Å². The summed E-state index contributed by atoms with van der Waals surface area (Å²) in [6.45, 7) is 6.54. The molecule has 0 spiro atoms. The van der Waals surface area contributed by atoms with Crippen molar-refractivity contribution in [1.82, 2.24) is 14.5 Å². The maximum Gasteiger partial charge on any atom is 0.233 e. The lowest BCUT2D eigenvalue weighted by Gasteiger charge is -2.36. The molecular weight excluding hydrogens is 298 g/mol. The van der Waals surface area contributed by atoms with Crippen LogP contribution in [-0.4, -0.2) is 64.0 Å².